The molecular weight excluding hydrogens is 532 g/mol. The summed E-state index contributed by atoms with van der Waals surface area (Å²) >= 11 is 6.03. The van der Waals surface area contributed by atoms with Crippen LogP contribution in [-0.2, 0) is 14.8 Å². The van der Waals surface area contributed by atoms with Gasteiger partial charge in [0.15, 0.2) is 0 Å². The lowest BCUT2D eigenvalue weighted by atomic mass is 10.1. The zero-order valence-corrected chi connectivity index (χ0v) is 24.1. The van der Waals surface area contributed by atoms with E-state index in [4.69, 9.17) is 11.6 Å². The van der Waals surface area contributed by atoms with Gasteiger partial charge in [0.25, 0.3) is 15.9 Å². The molecule has 0 atom stereocenters. The van der Waals surface area contributed by atoms with Gasteiger partial charge in [0.05, 0.1) is 16.8 Å². The van der Waals surface area contributed by atoms with Gasteiger partial charge >= 0.3 is 0 Å². The topological polar surface area (TPSA) is 83.8 Å². The van der Waals surface area contributed by atoms with Gasteiger partial charge < -0.3 is 4.57 Å². The maximum absolute atomic E-state index is 13.6. The van der Waals surface area contributed by atoms with Gasteiger partial charge in [-0.25, -0.2) is 13.8 Å². The molecule has 0 aliphatic rings. The Kier molecular flexibility index (Phi) is 8.28. The van der Waals surface area contributed by atoms with Gasteiger partial charge in [-0.2, -0.15) is 5.10 Å². The normalized spacial score (nSPS) is 11.6. The quantitative estimate of drug-likeness (QED) is 0.210. The Hall–Kier alpha value is -3.88. The zero-order valence-electron chi connectivity index (χ0n) is 22.6. The van der Waals surface area contributed by atoms with Gasteiger partial charge in [0.2, 0.25) is 0 Å². The molecule has 0 fully saturated rings. The summed E-state index contributed by atoms with van der Waals surface area (Å²) in [6.45, 7) is 9.15. The first-order valence-electron chi connectivity index (χ1n) is 12.4. The van der Waals surface area contributed by atoms with Crippen LogP contribution in [0.2, 0.25) is 5.02 Å². The summed E-state index contributed by atoms with van der Waals surface area (Å²) in [7, 11) is -4.01. The summed E-state index contributed by atoms with van der Waals surface area (Å²) in [5.74, 6) is -0.562. The molecule has 4 rings (SSSR count). The van der Waals surface area contributed by atoms with Crippen LogP contribution in [-0.4, -0.2) is 31.7 Å². The van der Waals surface area contributed by atoms with E-state index in [0.29, 0.717) is 10.7 Å². The molecule has 1 heterocycles. The molecule has 7 nitrogen and oxygen atoms in total. The number of amides is 1. The average molecular weight is 563 g/mol. The van der Waals surface area contributed by atoms with Crippen molar-refractivity contribution in [1.82, 2.24) is 9.99 Å². The lowest BCUT2D eigenvalue weighted by Crippen LogP contribution is -2.40. The number of sulfonamides is 1. The standard InChI is InChI=1S/C30H31ClN4O3S/c1-20-6-13-28(14-7-20)39(37,38)34(29-15-8-21(2)16-22(29)3)19-30(36)33-32-18-25-17-23(4)35(24(25)5)27-11-9-26(31)10-12-27/h6-18H,19H2,1-5H3,(H,33,36)/b32-18-. The number of rotatable bonds is 8. The Balaban J connectivity index is 1.57. The van der Waals surface area contributed by atoms with Gasteiger partial charge in [-0.1, -0.05) is 47.0 Å². The third kappa shape index (κ3) is 6.24. The highest BCUT2D eigenvalue weighted by Crippen LogP contribution is 2.28. The number of aromatic nitrogens is 1. The average Bonchev–Trinajstić information content (AvgIpc) is 3.16. The second kappa shape index (κ2) is 11.5. The maximum Gasteiger partial charge on any atom is 0.264 e. The van der Waals surface area contributed by atoms with Crippen molar-refractivity contribution in [2.24, 2.45) is 5.10 Å². The van der Waals surface area contributed by atoms with Gasteiger partial charge in [0, 0.05) is 27.7 Å². The summed E-state index contributed by atoms with van der Waals surface area (Å²) in [5.41, 5.74) is 9.33. The van der Waals surface area contributed by atoms with Crippen LogP contribution in [0.4, 0.5) is 5.69 Å². The van der Waals surface area contributed by atoms with Gasteiger partial charge in [0.1, 0.15) is 6.54 Å². The van der Waals surface area contributed by atoms with E-state index in [1.54, 1.807) is 36.5 Å². The van der Waals surface area contributed by atoms with E-state index in [2.05, 4.69) is 15.1 Å². The maximum atomic E-state index is 13.6. The van der Waals surface area contributed by atoms with Crippen molar-refractivity contribution in [1.29, 1.82) is 0 Å². The smallest absolute Gasteiger partial charge is 0.264 e. The van der Waals surface area contributed by atoms with E-state index in [1.165, 1.54) is 0 Å². The molecule has 39 heavy (non-hydrogen) atoms. The predicted molar refractivity (Wildman–Crippen MR) is 158 cm³/mol. The molecule has 202 valence electrons. The number of benzene rings is 3. The van der Waals surface area contributed by atoms with Crippen LogP contribution in [0.3, 0.4) is 0 Å². The van der Waals surface area contributed by atoms with Crippen LogP contribution in [0.25, 0.3) is 5.69 Å². The highest BCUT2D eigenvalue weighted by Gasteiger charge is 2.28. The Morgan fingerprint density at radius 3 is 2.21 bits per heavy atom. The summed E-state index contributed by atoms with van der Waals surface area (Å²) in [4.78, 5) is 13.1. The third-order valence-corrected chi connectivity index (χ3v) is 8.49. The van der Waals surface area contributed by atoms with Crippen LogP contribution in [0.1, 0.15) is 33.6 Å². The molecule has 3 aromatic carbocycles. The van der Waals surface area contributed by atoms with E-state index < -0.39 is 22.5 Å². The van der Waals surface area contributed by atoms with Crippen molar-refractivity contribution in [2.75, 3.05) is 10.8 Å². The Labute approximate surface area is 234 Å². The number of aryl methyl sites for hydroxylation is 4. The molecule has 0 bridgehead atoms. The number of nitrogens with zero attached hydrogens (tertiary/aromatic N) is 3. The van der Waals surface area contributed by atoms with Crippen LogP contribution < -0.4 is 9.73 Å². The van der Waals surface area contributed by atoms with Crippen molar-refractivity contribution in [3.8, 4) is 5.69 Å². The first-order valence-corrected chi connectivity index (χ1v) is 14.2. The van der Waals surface area contributed by atoms with Gasteiger partial charge in [-0.3, -0.25) is 9.10 Å². The predicted octanol–water partition coefficient (Wildman–Crippen LogP) is 6.02. The van der Waals surface area contributed by atoms with Crippen LogP contribution in [0.5, 0.6) is 0 Å². The van der Waals surface area contributed by atoms with Crippen molar-refractivity contribution < 1.29 is 13.2 Å². The van der Waals surface area contributed by atoms with E-state index >= 15 is 0 Å². The molecule has 1 N–H and O–H groups in total. The first kappa shape index (κ1) is 28.1. The van der Waals surface area contributed by atoms with Crippen LogP contribution in [0, 0.1) is 34.6 Å². The molecule has 0 aliphatic heterocycles. The van der Waals surface area contributed by atoms with Crippen LogP contribution >= 0.6 is 11.6 Å². The second-order valence-corrected chi connectivity index (χ2v) is 11.8. The molecule has 0 radical (unpaired) electrons. The molecule has 0 spiro atoms. The highest BCUT2D eigenvalue weighted by molar-refractivity contribution is 7.92. The SMILES string of the molecule is Cc1ccc(S(=O)(=O)N(CC(=O)N/N=C\c2cc(C)n(-c3ccc(Cl)cc3)c2C)c2ccc(C)cc2C)cc1. The minimum absolute atomic E-state index is 0.110. The number of carbonyl (C=O) groups is 1. The first-order chi connectivity index (χ1) is 18.5. The summed E-state index contributed by atoms with van der Waals surface area (Å²) in [5, 5.41) is 4.79. The lowest BCUT2D eigenvalue weighted by molar-refractivity contribution is -0.119. The van der Waals surface area contributed by atoms with E-state index in [9.17, 15) is 13.2 Å². The summed E-state index contributed by atoms with van der Waals surface area (Å²) < 4.78 is 30.5. The fourth-order valence-corrected chi connectivity index (χ4v) is 6.08. The Morgan fingerprint density at radius 1 is 0.923 bits per heavy atom. The number of hydrazone groups is 1. The fraction of sp³-hybridized carbons (Fsp3) is 0.200. The molecule has 0 saturated carbocycles. The molecule has 0 unspecified atom stereocenters. The van der Waals surface area contributed by atoms with Crippen LogP contribution in [0.15, 0.2) is 82.8 Å². The number of anilines is 1. The number of hydrogen-bond acceptors (Lipinski definition) is 4. The minimum atomic E-state index is -4.01. The van der Waals surface area contributed by atoms with Crippen molar-refractivity contribution >= 4 is 39.4 Å². The zero-order chi connectivity index (χ0) is 28.3. The third-order valence-electron chi connectivity index (χ3n) is 6.47. The molecule has 1 aromatic heterocycles. The fourth-order valence-electron chi connectivity index (χ4n) is 4.47. The molecule has 0 saturated heterocycles. The highest BCUT2D eigenvalue weighted by atomic mass is 35.5. The Morgan fingerprint density at radius 2 is 1.56 bits per heavy atom. The number of carbonyl (C=O) groups excluding carboxylic acids is 1. The summed E-state index contributed by atoms with van der Waals surface area (Å²) in [6.07, 6.45) is 1.56. The molecule has 4 aromatic rings. The molecule has 0 aliphatic carbocycles. The van der Waals surface area contributed by atoms with E-state index in [1.807, 2.05) is 77.1 Å². The van der Waals surface area contributed by atoms with Gasteiger partial charge in [-0.15, -0.1) is 0 Å². The van der Waals surface area contributed by atoms with E-state index in [0.717, 1.165) is 43.6 Å². The number of nitrogens with one attached hydrogen (secondary N) is 1. The van der Waals surface area contributed by atoms with Crippen molar-refractivity contribution in [3.63, 3.8) is 0 Å². The van der Waals surface area contributed by atoms with E-state index in [-0.39, 0.29) is 4.90 Å². The molecule has 1 amide bonds. The lowest BCUT2D eigenvalue weighted by Gasteiger charge is -2.25. The Bertz CT molecular complexity index is 1640. The number of hydrogen-bond donors (Lipinski definition) is 1. The number of halogens is 1. The minimum Gasteiger partial charge on any atom is -0.318 e. The molecule has 9 heteroatoms. The molecular formula is C30H31ClN4O3S. The monoisotopic (exact) mass is 562 g/mol. The van der Waals surface area contributed by atoms with Crippen molar-refractivity contribution in [3.05, 3.63) is 111 Å². The van der Waals surface area contributed by atoms with Crippen molar-refractivity contribution in [2.45, 2.75) is 39.5 Å². The largest absolute Gasteiger partial charge is 0.318 e. The second-order valence-electron chi connectivity index (χ2n) is 9.55. The van der Waals surface area contributed by atoms with Gasteiger partial charge in [-0.05, 0) is 88.7 Å². The summed E-state index contributed by atoms with van der Waals surface area (Å²) in [6, 6.07) is 21.5.